The third kappa shape index (κ3) is 4.63. The Morgan fingerprint density at radius 1 is 1.19 bits per heavy atom. The Morgan fingerprint density at radius 2 is 1.86 bits per heavy atom. The lowest BCUT2D eigenvalue weighted by Gasteiger charge is -2.15. The number of methoxy groups -OCH3 is 1. The van der Waals surface area contributed by atoms with Crippen molar-refractivity contribution in [1.29, 1.82) is 0 Å². The van der Waals surface area contributed by atoms with E-state index >= 15 is 0 Å². The van der Waals surface area contributed by atoms with Gasteiger partial charge in [0.25, 0.3) is 0 Å². The molecule has 1 heterocycles. The topological polar surface area (TPSA) is 117 Å². The minimum Gasteiger partial charge on any atom is -0.388 e. The quantitative estimate of drug-likeness (QED) is 0.428. The summed E-state index contributed by atoms with van der Waals surface area (Å²) in [5.41, 5.74) is 0. The van der Waals surface area contributed by atoms with Crippen molar-refractivity contribution in [1.82, 2.24) is 10.6 Å². The predicted molar refractivity (Wildman–Crippen MR) is 71.3 cm³/mol. The molecule has 4 N–H and O–H groups in total. The van der Waals surface area contributed by atoms with Crippen LogP contribution in [0.1, 0.15) is 19.3 Å². The SMILES string of the molecule is COCC(=O)NC[C@H]1O[C@@H](CC(=O)NC2CC2)[C@H](O)[C@@H]1O. The summed E-state index contributed by atoms with van der Waals surface area (Å²) in [6.07, 6.45) is -1.81. The molecule has 1 saturated heterocycles. The molecule has 0 aromatic heterocycles. The van der Waals surface area contributed by atoms with E-state index in [-0.39, 0.29) is 37.4 Å². The second kappa shape index (κ2) is 7.17. The van der Waals surface area contributed by atoms with Crippen molar-refractivity contribution in [2.45, 2.75) is 49.7 Å². The molecule has 0 radical (unpaired) electrons. The van der Waals surface area contributed by atoms with Gasteiger partial charge in [0.2, 0.25) is 11.8 Å². The first-order valence-electron chi connectivity index (χ1n) is 7.08. The number of aliphatic hydroxyl groups is 2. The lowest BCUT2D eigenvalue weighted by atomic mass is 10.1. The molecular weight excluding hydrogens is 280 g/mol. The van der Waals surface area contributed by atoms with Crippen LogP contribution in [0.25, 0.3) is 0 Å². The van der Waals surface area contributed by atoms with Gasteiger partial charge in [0.05, 0.1) is 12.5 Å². The second-order valence-corrected chi connectivity index (χ2v) is 5.48. The summed E-state index contributed by atoms with van der Waals surface area (Å²) in [6.45, 7) is -0.0280. The highest BCUT2D eigenvalue weighted by molar-refractivity contribution is 5.77. The Kier molecular flexibility index (Phi) is 5.51. The van der Waals surface area contributed by atoms with Crippen LogP contribution in [0.15, 0.2) is 0 Å². The first-order valence-corrected chi connectivity index (χ1v) is 7.08. The number of aliphatic hydroxyl groups excluding tert-OH is 2. The van der Waals surface area contributed by atoms with Crippen molar-refractivity contribution >= 4 is 11.8 Å². The van der Waals surface area contributed by atoms with Crippen LogP contribution in [0, 0.1) is 0 Å². The van der Waals surface area contributed by atoms with Gasteiger partial charge in [-0.15, -0.1) is 0 Å². The maximum absolute atomic E-state index is 11.7. The standard InChI is InChI=1S/C13H22N2O6/c1-20-6-11(17)14-5-9-13(19)12(18)8(21-9)4-10(16)15-7-2-3-7/h7-9,12-13,18-19H,2-6H2,1H3,(H,14,17)(H,15,16)/t8-,9+,12-,13+/m0/s1. The van der Waals surface area contributed by atoms with Crippen molar-refractivity contribution in [3.63, 3.8) is 0 Å². The minimum atomic E-state index is -1.14. The fourth-order valence-corrected chi connectivity index (χ4v) is 2.26. The monoisotopic (exact) mass is 302 g/mol. The molecule has 8 nitrogen and oxygen atoms in total. The largest absolute Gasteiger partial charge is 0.388 e. The lowest BCUT2D eigenvalue weighted by molar-refractivity contribution is -0.127. The molecule has 0 aromatic rings. The molecule has 1 saturated carbocycles. The van der Waals surface area contributed by atoms with Gasteiger partial charge >= 0.3 is 0 Å². The normalized spacial score (nSPS) is 32.0. The highest BCUT2D eigenvalue weighted by atomic mass is 16.5. The molecule has 1 aliphatic carbocycles. The van der Waals surface area contributed by atoms with Crippen LogP contribution in [-0.4, -0.2) is 72.7 Å². The van der Waals surface area contributed by atoms with Crippen molar-refractivity contribution in [2.75, 3.05) is 20.3 Å². The van der Waals surface area contributed by atoms with Gasteiger partial charge in [-0.1, -0.05) is 0 Å². The van der Waals surface area contributed by atoms with E-state index in [1.54, 1.807) is 0 Å². The number of hydrogen-bond donors (Lipinski definition) is 4. The molecule has 0 unspecified atom stereocenters. The molecule has 0 bridgehead atoms. The van der Waals surface area contributed by atoms with E-state index in [2.05, 4.69) is 15.4 Å². The molecule has 21 heavy (non-hydrogen) atoms. The number of carbonyl (C=O) groups is 2. The van der Waals surface area contributed by atoms with E-state index in [1.165, 1.54) is 7.11 Å². The van der Waals surface area contributed by atoms with Crippen molar-refractivity contribution in [2.24, 2.45) is 0 Å². The summed E-state index contributed by atoms with van der Waals surface area (Å²) in [4.78, 5) is 23.0. The van der Waals surface area contributed by atoms with Crippen LogP contribution in [0.4, 0.5) is 0 Å². The van der Waals surface area contributed by atoms with Crippen LogP contribution >= 0.6 is 0 Å². The number of nitrogens with one attached hydrogen (secondary N) is 2. The van der Waals surface area contributed by atoms with Gasteiger partial charge in [-0.05, 0) is 12.8 Å². The Hall–Kier alpha value is -1.22. The molecule has 2 aliphatic rings. The zero-order valence-electron chi connectivity index (χ0n) is 11.9. The molecule has 8 heteroatoms. The van der Waals surface area contributed by atoms with E-state index in [9.17, 15) is 19.8 Å². The smallest absolute Gasteiger partial charge is 0.246 e. The summed E-state index contributed by atoms with van der Waals surface area (Å²) in [6, 6.07) is 0.241. The number of ether oxygens (including phenoxy) is 2. The zero-order valence-corrected chi connectivity index (χ0v) is 11.9. The van der Waals surface area contributed by atoms with Gasteiger partial charge in [0.1, 0.15) is 24.9 Å². The van der Waals surface area contributed by atoms with Crippen LogP contribution in [0.3, 0.4) is 0 Å². The zero-order chi connectivity index (χ0) is 15.4. The maximum atomic E-state index is 11.7. The van der Waals surface area contributed by atoms with E-state index in [1.807, 2.05) is 0 Å². The van der Waals surface area contributed by atoms with E-state index in [4.69, 9.17) is 4.74 Å². The van der Waals surface area contributed by atoms with Crippen LogP contribution < -0.4 is 10.6 Å². The molecule has 0 spiro atoms. The first-order chi connectivity index (χ1) is 10.0. The molecule has 2 amide bonds. The summed E-state index contributed by atoms with van der Waals surface area (Å²) < 4.78 is 10.1. The molecule has 4 atom stereocenters. The minimum absolute atomic E-state index is 0.00273. The van der Waals surface area contributed by atoms with Gasteiger partial charge < -0.3 is 30.3 Å². The highest BCUT2D eigenvalue weighted by Gasteiger charge is 2.43. The predicted octanol–water partition coefficient (Wildman–Crippen LogP) is -2.09. The lowest BCUT2D eigenvalue weighted by Crippen LogP contribution is -2.41. The summed E-state index contributed by atoms with van der Waals surface area (Å²) in [5.74, 6) is -0.532. The molecule has 2 fully saturated rings. The van der Waals surface area contributed by atoms with Gasteiger partial charge in [-0.25, -0.2) is 0 Å². The Balaban J connectivity index is 1.76. The number of carbonyl (C=O) groups excluding carboxylic acids is 2. The Labute approximate surface area is 122 Å². The highest BCUT2D eigenvalue weighted by Crippen LogP contribution is 2.24. The van der Waals surface area contributed by atoms with E-state index in [0.717, 1.165) is 12.8 Å². The van der Waals surface area contributed by atoms with Gasteiger partial charge in [0, 0.05) is 19.7 Å². The molecule has 120 valence electrons. The van der Waals surface area contributed by atoms with Crippen molar-refractivity contribution in [3.8, 4) is 0 Å². The van der Waals surface area contributed by atoms with E-state index in [0.29, 0.717) is 0 Å². The fraction of sp³-hybridized carbons (Fsp3) is 0.846. The molecule has 0 aromatic carbocycles. The van der Waals surface area contributed by atoms with Crippen molar-refractivity contribution < 1.29 is 29.3 Å². The van der Waals surface area contributed by atoms with Crippen LogP contribution in [-0.2, 0) is 19.1 Å². The molecule has 2 rings (SSSR count). The van der Waals surface area contributed by atoms with Gasteiger partial charge in [-0.3, -0.25) is 9.59 Å². The van der Waals surface area contributed by atoms with Crippen LogP contribution in [0.5, 0.6) is 0 Å². The number of hydrogen-bond acceptors (Lipinski definition) is 6. The van der Waals surface area contributed by atoms with Crippen LogP contribution in [0.2, 0.25) is 0 Å². The fourth-order valence-electron chi connectivity index (χ4n) is 2.26. The maximum Gasteiger partial charge on any atom is 0.246 e. The number of amides is 2. The van der Waals surface area contributed by atoms with Crippen molar-refractivity contribution in [3.05, 3.63) is 0 Å². The molecule has 1 aliphatic heterocycles. The molecular formula is C13H22N2O6. The number of rotatable bonds is 7. The average Bonchev–Trinajstić information content (AvgIpc) is 3.20. The average molecular weight is 302 g/mol. The third-order valence-electron chi connectivity index (χ3n) is 3.57. The summed E-state index contributed by atoms with van der Waals surface area (Å²) >= 11 is 0. The third-order valence-corrected chi connectivity index (χ3v) is 3.57. The first kappa shape index (κ1) is 16.2. The van der Waals surface area contributed by atoms with E-state index < -0.39 is 24.4 Å². The van der Waals surface area contributed by atoms with Gasteiger partial charge in [0.15, 0.2) is 0 Å². The summed E-state index contributed by atoms with van der Waals surface area (Å²) in [7, 11) is 1.40. The van der Waals surface area contributed by atoms with Gasteiger partial charge in [-0.2, -0.15) is 0 Å². The summed E-state index contributed by atoms with van der Waals surface area (Å²) in [5, 5.41) is 25.1. The Morgan fingerprint density at radius 3 is 2.48 bits per heavy atom. The Bertz CT molecular complexity index is 387. The second-order valence-electron chi connectivity index (χ2n) is 5.48.